The molecule has 3 aromatic carbocycles. The molecule has 1 aromatic heterocycles. The number of allylic oxidation sites excluding steroid dienone is 1. The van der Waals surface area contributed by atoms with Crippen LogP contribution >= 0.6 is 15.9 Å². The maximum atomic E-state index is 3.63. The van der Waals surface area contributed by atoms with Crippen molar-refractivity contribution < 1.29 is 17.4 Å². The normalized spacial score (nSPS) is 14.1. The molecule has 0 radical (unpaired) electrons. The van der Waals surface area contributed by atoms with Crippen LogP contribution in [0.25, 0.3) is 22.0 Å². The smallest absolute Gasteiger partial charge is 0.211 e. The van der Waals surface area contributed by atoms with Gasteiger partial charge in [0.05, 0.1) is 11.1 Å². The van der Waals surface area contributed by atoms with E-state index in [1.807, 2.05) is 0 Å². The van der Waals surface area contributed by atoms with Gasteiger partial charge in [0.25, 0.3) is 0 Å². The zero-order chi connectivity index (χ0) is 17.5. The highest BCUT2D eigenvalue weighted by molar-refractivity contribution is 9.10. The first kappa shape index (κ1) is 17.8. The van der Waals surface area contributed by atoms with Crippen LogP contribution in [0.3, 0.4) is 0 Å². The molecule has 4 heteroatoms. The predicted octanol–water partition coefficient (Wildman–Crippen LogP) is 1.69. The standard InChI is InChI=1S/C23H15BrN2.ClH/c24-16-7-5-6-15(12-16)23(19-13-25-21-10-3-1-8-17(19)21)20-14-26-22-11-4-2-9-18(20)22;/h1-14,25H;1H. The highest BCUT2D eigenvalue weighted by Crippen LogP contribution is 2.38. The Morgan fingerprint density at radius 3 is 2.59 bits per heavy atom. The van der Waals surface area contributed by atoms with Gasteiger partial charge in [0.2, 0.25) is 5.69 Å². The van der Waals surface area contributed by atoms with Gasteiger partial charge >= 0.3 is 0 Å². The van der Waals surface area contributed by atoms with E-state index in [-0.39, 0.29) is 12.4 Å². The molecule has 0 fully saturated rings. The number of rotatable bonds is 2. The summed E-state index contributed by atoms with van der Waals surface area (Å²) in [6.07, 6.45) is 4.23. The largest absolute Gasteiger partial charge is 1.00 e. The van der Waals surface area contributed by atoms with Crippen LogP contribution in [-0.4, -0.2) is 11.2 Å². The lowest BCUT2D eigenvalue weighted by Crippen LogP contribution is -3.00. The van der Waals surface area contributed by atoms with Crippen molar-refractivity contribution in [2.24, 2.45) is 0 Å². The van der Waals surface area contributed by atoms with Crippen LogP contribution in [-0.2, 0) is 0 Å². The average Bonchev–Trinajstić information content (AvgIpc) is 3.28. The van der Waals surface area contributed by atoms with E-state index >= 15 is 0 Å². The Morgan fingerprint density at radius 2 is 1.70 bits per heavy atom. The Bertz CT molecular complexity index is 1200. The maximum absolute atomic E-state index is 3.63. The number of halogens is 2. The zero-order valence-corrected chi connectivity index (χ0v) is 16.7. The number of aromatic amines is 1. The van der Waals surface area contributed by atoms with E-state index in [0.29, 0.717) is 0 Å². The third kappa shape index (κ3) is 3.03. The highest BCUT2D eigenvalue weighted by atomic mass is 79.9. The number of hydrogen-bond acceptors (Lipinski definition) is 0. The van der Waals surface area contributed by atoms with Crippen molar-refractivity contribution in [3.05, 3.63) is 100 Å². The maximum Gasteiger partial charge on any atom is 0.211 e. The summed E-state index contributed by atoms with van der Waals surface area (Å²) in [6, 6.07) is 25.4. The molecular weight excluding hydrogens is 420 g/mol. The summed E-state index contributed by atoms with van der Waals surface area (Å²) in [5, 5.41) is 1.23. The fraction of sp³-hybridized carbons (Fsp3) is 0. The summed E-state index contributed by atoms with van der Waals surface area (Å²) in [7, 11) is 0. The fourth-order valence-corrected chi connectivity index (χ4v) is 4.06. The fourth-order valence-electron chi connectivity index (χ4n) is 3.66. The molecule has 1 aliphatic rings. The predicted molar refractivity (Wildman–Crippen MR) is 111 cm³/mol. The Hall–Kier alpha value is -2.62. The summed E-state index contributed by atoms with van der Waals surface area (Å²) in [5.41, 5.74) is 8.36. The van der Waals surface area contributed by atoms with Gasteiger partial charge in [-0.1, -0.05) is 58.4 Å². The van der Waals surface area contributed by atoms with Gasteiger partial charge in [0.15, 0.2) is 6.21 Å². The van der Waals surface area contributed by atoms with Crippen molar-refractivity contribution in [1.29, 1.82) is 0 Å². The van der Waals surface area contributed by atoms with E-state index in [2.05, 4.69) is 111 Å². The molecule has 2 heterocycles. The number of benzene rings is 3. The van der Waals surface area contributed by atoms with Crippen LogP contribution < -0.4 is 17.4 Å². The minimum Gasteiger partial charge on any atom is -1.00 e. The van der Waals surface area contributed by atoms with Crippen molar-refractivity contribution in [3.8, 4) is 0 Å². The summed E-state index contributed by atoms with van der Waals surface area (Å²) in [4.78, 5) is 6.84. The molecule has 5 rings (SSSR count). The van der Waals surface area contributed by atoms with Gasteiger partial charge in [-0.15, -0.1) is 0 Å². The van der Waals surface area contributed by atoms with Crippen molar-refractivity contribution in [3.63, 3.8) is 0 Å². The van der Waals surface area contributed by atoms with Gasteiger partial charge in [-0.25, -0.2) is 4.99 Å². The van der Waals surface area contributed by atoms with Crippen LogP contribution in [0.2, 0.25) is 0 Å². The monoisotopic (exact) mass is 434 g/mol. The summed E-state index contributed by atoms with van der Waals surface area (Å²) < 4.78 is 1.08. The first-order valence-corrected chi connectivity index (χ1v) is 9.36. The lowest BCUT2D eigenvalue weighted by Gasteiger charge is -2.11. The second kappa shape index (κ2) is 7.18. The topological polar surface area (TPSA) is 29.8 Å². The van der Waals surface area contributed by atoms with E-state index in [0.717, 1.165) is 15.7 Å². The number of hydrogen-bond donors (Lipinski definition) is 2. The molecular formula is C23H16BrClN2. The van der Waals surface area contributed by atoms with Gasteiger partial charge in [-0.2, -0.15) is 0 Å². The van der Waals surface area contributed by atoms with Crippen LogP contribution in [0.15, 0.2) is 83.5 Å². The molecule has 132 valence electrons. The molecule has 1 aliphatic heterocycles. The quantitative estimate of drug-likeness (QED) is 0.480. The molecule has 0 unspecified atom stereocenters. The van der Waals surface area contributed by atoms with Gasteiger partial charge < -0.3 is 17.4 Å². The van der Waals surface area contributed by atoms with Crippen LogP contribution in [0.1, 0.15) is 16.7 Å². The van der Waals surface area contributed by atoms with Gasteiger partial charge in [-0.05, 0) is 29.8 Å². The van der Waals surface area contributed by atoms with E-state index < -0.39 is 0 Å². The van der Waals surface area contributed by atoms with Gasteiger partial charge in [0.1, 0.15) is 0 Å². The average molecular weight is 436 g/mol. The van der Waals surface area contributed by atoms with E-state index in [4.69, 9.17) is 0 Å². The molecule has 0 saturated carbocycles. The first-order chi connectivity index (χ1) is 12.8. The van der Waals surface area contributed by atoms with Crippen LogP contribution in [0.4, 0.5) is 5.69 Å². The number of nitrogens with one attached hydrogen (secondary N) is 2. The van der Waals surface area contributed by atoms with E-state index in [1.165, 1.54) is 33.2 Å². The second-order valence-corrected chi connectivity index (χ2v) is 7.30. The molecule has 0 bridgehead atoms. The summed E-state index contributed by atoms with van der Waals surface area (Å²) in [5.74, 6) is 0. The Morgan fingerprint density at radius 1 is 0.889 bits per heavy atom. The number of para-hydroxylation sites is 2. The minimum atomic E-state index is 0. The Balaban J connectivity index is 0.00000180. The third-order valence-corrected chi connectivity index (χ3v) is 5.32. The molecule has 4 aromatic rings. The van der Waals surface area contributed by atoms with E-state index in [1.54, 1.807) is 0 Å². The van der Waals surface area contributed by atoms with Crippen molar-refractivity contribution >= 4 is 49.9 Å². The van der Waals surface area contributed by atoms with E-state index in [9.17, 15) is 0 Å². The minimum absolute atomic E-state index is 0. The Kier molecular flexibility index (Phi) is 4.73. The SMILES string of the molecule is Brc1cccc(C(=C2C=[NH+]c3ccccc32)c2c[nH]c3ccccc23)c1.[Cl-]. The summed E-state index contributed by atoms with van der Waals surface area (Å²) in [6.45, 7) is 0. The Labute approximate surface area is 172 Å². The highest BCUT2D eigenvalue weighted by Gasteiger charge is 2.24. The second-order valence-electron chi connectivity index (χ2n) is 6.38. The molecule has 27 heavy (non-hydrogen) atoms. The molecule has 0 saturated heterocycles. The first-order valence-electron chi connectivity index (χ1n) is 8.57. The lowest BCUT2D eigenvalue weighted by molar-refractivity contribution is -0.342. The van der Waals surface area contributed by atoms with Gasteiger partial charge in [-0.3, -0.25) is 0 Å². The van der Waals surface area contributed by atoms with Crippen LogP contribution in [0.5, 0.6) is 0 Å². The molecule has 0 aliphatic carbocycles. The molecule has 2 nitrogen and oxygen atoms in total. The van der Waals surface area contributed by atoms with Crippen molar-refractivity contribution in [2.45, 2.75) is 0 Å². The lowest BCUT2D eigenvalue weighted by atomic mass is 9.90. The molecule has 0 spiro atoms. The molecule has 0 amide bonds. The van der Waals surface area contributed by atoms with Gasteiger partial charge in [0, 0.05) is 38.8 Å². The third-order valence-electron chi connectivity index (χ3n) is 4.83. The molecule has 0 atom stereocenters. The number of fused-ring (bicyclic) bond motifs is 2. The molecule has 2 N–H and O–H groups in total. The zero-order valence-electron chi connectivity index (χ0n) is 14.3. The number of H-pyrrole nitrogens is 1. The number of aromatic nitrogens is 1. The van der Waals surface area contributed by atoms with Crippen molar-refractivity contribution in [1.82, 2.24) is 4.98 Å². The van der Waals surface area contributed by atoms with Crippen molar-refractivity contribution in [2.75, 3.05) is 0 Å². The summed E-state index contributed by atoms with van der Waals surface area (Å²) >= 11 is 3.63. The van der Waals surface area contributed by atoms with Crippen LogP contribution in [0, 0.1) is 0 Å².